The lowest BCUT2D eigenvalue weighted by Crippen LogP contribution is -2.20. The van der Waals surface area contributed by atoms with Crippen molar-refractivity contribution in [1.29, 1.82) is 0 Å². The number of rotatable bonds is 12. The molecule has 16 nitrogen and oxygen atoms in total. The normalized spacial score (nSPS) is 11.7. The maximum absolute atomic E-state index is 13.5. The number of nitrogens with two attached hydrogens (primary N) is 2. The molecule has 3 amide bonds. The van der Waals surface area contributed by atoms with Gasteiger partial charge in [-0.05, 0) is 76.6 Å². The second kappa shape index (κ2) is 13.9. The summed E-state index contributed by atoms with van der Waals surface area (Å²) in [6, 6.07) is 10.3. The van der Waals surface area contributed by atoms with Crippen LogP contribution >= 0.6 is 0 Å². The van der Waals surface area contributed by atoms with Crippen LogP contribution in [0.25, 0.3) is 44.5 Å². The maximum Gasteiger partial charge on any atom is 0.276 e. The number of carbonyl (C=O) groups is 3. The number of nitrogens with zero attached hydrogens (tertiary/aromatic N) is 9. The van der Waals surface area contributed by atoms with Crippen molar-refractivity contribution >= 4 is 56.6 Å². The van der Waals surface area contributed by atoms with Crippen molar-refractivity contribution in [2.45, 2.75) is 60.8 Å². The molecular formula is C38H40N12O4. The van der Waals surface area contributed by atoms with Gasteiger partial charge in [-0.25, -0.2) is 15.0 Å². The molecule has 0 saturated carbocycles. The van der Waals surface area contributed by atoms with E-state index in [1.807, 2.05) is 66.7 Å². The molecule has 5 N–H and O–H groups in total. The van der Waals surface area contributed by atoms with Crippen LogP contribution in [0.1, 0.15) is 62.0 Å². The highest BCUT2D eigenvalue weighted by Gasteiger charge is 2.22. The van der Waals surface area contributed by atoms with Crippen LogP contribution in [-0.2, 0) is 26.2 Å². The van der Waals surface area contributed by atoms with Gasteiger partial charge in [0.25, 0.3) is 5.91 Å². The van der Waals surface area contributed by atoms with Gasteiger partial charge in [0.05, 0.1) is 35.0 Å². The van der Waals surface area contributed by atoms with Gasteiger partial charge in [0.15, 0.2) is 5.82 Å². The number of amides is 3. The Hall–Kier alpha value is -6.84. The molecule has 54 heavy (non-hydrogen) atoms. The van der Waals surface area contributed by atoms with Crippen molar-refractivity contribution in [3.05, 3.63) is 88.5 Å². The molecule has 0 spiro atoms. The largest absolute Gasteiger partial charge is 0.495 e. The van der Waals surface area contributed by atoms with Crippen LogP contribution in [0.3, 0.4) is 0 Å². The third-order valence-corrected chi connectivity index (χ3v) is 9.31. The van der Waals surface area contributed by atoms with E-state index in [9.17, 15) is 14.4 Å². The summed E-state index contributed by atoms with van der Waals surface area (Å²) in [5.74, 6) is -0.274. The zero-order valence-electron chi connectivity index (χ0n) is 30.8. The highest BCUT2D eigenvalue weighted by molar-refractivity contribution is 6.12. The minimum Gasteiger partial charge on any atom is -0.495 e. The smallest absolute Gasteiger partial charge is 0.276 e. The number of allylic oxidation sites excluding steroid dienone is 2. The Morgan fingerprint density at radius 2 is 1.46 bits per heavy atom. The Morgan fingerprint density at radius 3 is 2.15 bits per heavy atom. The Balaban J connectivity index is 1.31. The second-order valence-corrected chi connectivity index (χ2v) is 13.0. The zero-order chi connectivity index (χ0) is 38.4. The van der Waals surface area contributed by atoms with Crippen molar-refractivity contribution in [2.75, 3.05) is 12.4 Å². The first kappa shape index (κ1) is 35.6. The Kier molecular flexibility index (Phi) is 9.18. The maximum atomic E-state index is 13.5. The number of anilines is 1. The molecule has 0 bridgehead atoms. The summed E-state index contributed by atoms with van der Waals surface area (Å²) < 4.78 is 13.2. The summed E-state index contributed by atoms with van der Waals surface area (Å²) in [6.07, 6.45) is 5.68. The third kappa shape index (κ3) is 6.20. The van der Waals surface area contributed by atoms with Crippen molar-refractivity contribution in [3.8, 4) is 17.3 Å². The highest BCUT2D eigenvalue weighted by Crippen LogP contribution is 2.36. The number of nitrogens with one attached hydrogen (secondary N) is 1. The van der Waals surface area contributed by atoms with Crippen LogP contribution in [-0.4, -0.2) is 68.5 Å². The van der Waals surface area contributed by atoms with Crippen molar-refractivity contribution < 1.29 is 19.1 Å². The Labute approximate surface area is 309 Å². The van der Waals surface area contributed by atoms with Gasteiger partial charge < -0.3 is 25.3 Å². The van der Waals surface area contributed by atoms with E-state index in [0.29, 0.717) is 82.6 Å². The molecule has 276 valence electrons. The van der Waals surface area contributed by atoms with Gasteiger partial charge in [-0.1, -0.05) is 12.2 Å². The zero-order valence-corrected chi connectivity index (χ0v) is 30.8. The molecular weight excluding hydrogens is 688 g/mol. The van der Waals surface area contributed by atoms with E-state index < -0.39 is 11.8 Å². The topological polar surface area (TPSA) is 209 Å². The first-order valence-corrected chi connectivity index (χ1v) is 17.4. The van der Waals surface area contributed by atoms with Crippen molar-refractivity contribution in [3.63, 3.8) is 0 Å². The van der Waals surface area contributed by atoms with Crippen LogP contribution in [0.4, 0.5) is 5.95 Å². The predicted molar refractivity (Wildman–Crippen MR) is 204 cm³/mol. The molecule has 0 aliphatic carbocycles. The number of hydrogen-bond donors (Lipinski definition) is 3. The van der Waals surface area contributed by atoms with Crippen LogP contribution in [0.2, 0.25) is 0 Å². The van der Waals surface area contributed by atoms with E-state index in [4.69, 9.17) is 31.2 Å². The standard InChI is InChI=1S/C38H40N12O4/c1-7-49-28(14-21(4)45-49)35-41-19-26-25-16-24(34(40)52)18-30(54-6)32(25)47(36(26)43-35)11-9-10-12-48-31-20(3)13-23(33(39)51)17-27(31)42-38(48)44-37(53)29-15-22(5)46-50(29)8-2/h9-10,13-19H,7-8,11-12H2,1-6H3,(H2,39,51)(H2,40,52)(H,42,44,53)/b10-9+. The van der Waals surface area contributed by atoms with Gasteiger partial charge in [-0.15, -0.1) is 0 Å². The number of carbonyl (C=O) groups excluding carboxylic acids is 3. The number of benzene rings is 2. The fourth-order valence-corrected chi connectivity index (χ4v) is 6.92. The molecule has 0 aliphatic heterocycles. The highest BCUT2D eigenvalue weighted by atomic mass is 16.5. The quantitative estimate of drug-likeness (QED) is 0.149. The van der Waals surface area contributed by atoms with Gasteiger partial charge in [-0.2, -0.15) is 10.2 Å². The lowest BCUT2D eigenvalue weighted by molar-refractivity contribution is 0.0992. The van der Waals surface area contributed by atoms with Gasteiger partial charge in [0.2, 0.25) is 17.8 Å². The van der Waals surface area contributed by atoms with E-state index in [-0.39, 0.29) is 5.91 Å². The van der Waals surface area contributed by atoms with E-state index in [0.717, 1.165) is 33.5 Å². The summed E-state index contributed by atoms with van der Waals surface area (Å²) in [5.41, 5.74) is 18.0. The number of hydrogen-bond acceptors (Lipinski definition) is 9. The molecule has 16 heteroatoms. The summed E-state index contributed by atoms with van der Waals surface area (Å²) in [4.78, 5) is 52.4. The Bertz CT molecular complexity index is 2680. The van der Waals surface area contributed by atoms with Crippen LogP contribution in [0, 0.1) is 20.8 Å². The molecule has 7 aromatic rings. The number of imidazole rings is 1. The van der Waals surface area contributed by atoms with Crippen LogP contribution in [0.15, 0.2) is 54.7 Å². The average Bonchev–Trinajstić information content (AvgIpc) is 3.90. The fourth-order valence-electron chi connectivity index (χ4n) is 6.92. The molecule has 0 fully saturated rings. The number of aryl methyl sites for hydroxylation is 5. The summed E-state index contributed by atoms with van der Waals surface area (Å²) in [5, 5.41) is 13.4. The van der Waals surface area contributed by atoms with Crippen LogP contribution in [0.5, 0.6) is 5.75 Å². The number of ether oxygens (including phenoxy) is 1. The molecule has 2 aromatic carbocycles. The number of methoxy groups -OCH3 is 1. The minimum atomic E-state index is -0.584. The molecule has 0 saturated heterocycles. The molecule has 5 aromatic heterocycles. The fraction of sp³-hybridized carbons (Fsp3) is 0.263. The van der Waals surface area contributed by atoms with Crippen molar-refractivity contribution in [2.24, 2.45) is 11.5 Å². The Morgan fingerprint density at radius 1 is 0.796 bits per heavy atom. The SMILES string of the molecule is CCn1nc(C)cc1C(=O)Nc1nc2cc(C(N)=O)cc(C)c2n1C/C=C/Cn1c2nc(-c3cc(C)nn3CC)ncc2c2cc(C(N)=O)cc(OC)c21. The monoisotopic (exact) mass is 728 g/mol. The number of primary amides is 2. The van der Waals surface area contributed by atoms with Crippen LogP contribution < -0.4 is 21.5 Å². The minimum absolute atomic E-state index is 0.295. The number of fused-ring (bicyclic) bond motifs is 4. The van der Waals surface area contributed by atoms with Crippen molar-refractivity contribution in [1.82, 2.24) is 43.6 Å². The molecule has 0 radical (unpaired) electrons. The van der Waals surface area contributed by atoms with Gasteiger partial charge in [0, 0.05) is 54.3 Å². The lowest BCUT2D eigenvalue weighted by Gasteiger charge is -2.11. The molecule has 0 aliphatic rings. The van der Waals surface area contributed by atoms with Gasteiger partial charge in [-0.3, -0.25) is 29.1 Å². The number of aromatic nitrogens is 9. The van der Waals surface area contributed by atoms with E-state index in [1.165, 1.54) is 7.11 Å². The second-order valence-electron chi connectivity index (χ2n) is 13.0. The molecule has 0 unspecified atom stereocenters. The molecule has 5 heterocycles. The molecule has 0 atom stereocenters. The lowest BCUT2D eigenvalue weighted by atomic mass is 10.1. The van der Waals surface area contributed by atoms with Gasteiger partial charge in [0.1, 0.15) is 22.8 Å². The third-order valence-electron chi connectivity index (χ3n) is 9.31. The first-order chi connectivity index (χ1) is 25.9. The average molecular weight is 729 g/mol. The van der Waals surface area contributed by atoms with Gasteiger partial charge >= 0.3 is 0 Å². The van der Waals surface area contributed by atoms with E-state index in [1.54, 1.807) is 41.2 Å². The summed E-state index contributed by atoms with van der Waals surface area (Å²) in [6.45, 7) is 11.4. The summed E-state index contributed by atoms with van der Waals surface area (Å²) in [7, 11) is 1.54. The van der Waals surface area contributed by atoms with E-state index >= 15 is 0 Å². The predicted octanol–water partition coefficient (Wildman–Crippen LogP) is 4.67. The van der Waals surface area contributed by atoms with E-state index in [2.05, 4.69) is 15.5 Å². The summed E-state index contributed by atoms with van der Waals surface area (Å²) >= 11 is 0. The first-order valence-electron chi connectivity index (χ1n) is 17.4. The molecule has 7 rings (SSSR count).